The van der Waals surface area contributed by atoms with Crippen LogP contribution in [-0.4, -0.2) is 11.8 Å². The molecule has 0 radical (unpaired) electrons. The molecule has 0 aliphatic carbocycles. The molecule has 4 aromatic rings. The van der Waals surface area contributed by atoms with Gasteiger partial charge in [-0.15, -0.1) is 0 Å². The van der Waals surface area contributed by atoms with Gasteiger partial charge in [-0.3, -0.25) is 9.59 Å². The van der Waals surface area contributed by atoms with Gasteiger partial charge in [0.25, 0.3) is 0 Å². The Bertz CT molecular complexity index is 1750. The number of benzene rings is 4. The van der Waals surface area contributed by atoms with Gasteiger partial charge in [-0.2, -0.15) is 0 Å². The van der Waals surface area contributed by atoms with Crippen LogP contribution in [0, 0.1) is 17.5 Å². The number of hydrogen-bond donors (Lipinski definition) is 2. The highest BCUT2D eigenvalue weighted by atomic mass is 35.5. The number of carbonyl (C=O) groups excluding carboxylic acids is 2. The first-order chi connectivity index (χ1) is 20.1. The Hall–Kier alpha value is -3.72. The highest BCUT2D eigenvalue weighted by molar-refractivity contribution is 6.32. The first-order valence-corrected chi connectivity index (χ1v) is 13.9. The summed E-state index contributed by atoms with van der Waals surface area (Å²) >= 11 is 18.9. The van der Waals surface area contributed by atoms with E-state index in [1.165, 1.54) is 36.4 Å². The molecule has 4 aromatic carbocycles. The lowest BCUT2D eigenvalue weighted by Crippen LogP contribution is -2.57. The van der Waals surface area contributed by atoms with E-state index in [2.05, 4.69) is 10.6 Å². The van der Waals surface area contributed by atoms with Crippen LogP contribution in [0.5, 0.6) is 5.75 Å². The summed E-state index contributed by atoms with van der Waals surface area (Å²) in [4.78, 5) is 27.5. The molecule has 11 heteroatoms. The Morgan fingerprint density at radius 2 is 1.62 bits per heavy atom. The van der Waals surface area contributed by atoms with E-state index in [0.717, 1.165) is 18.2 Å². The monoisotopic (exact) mass is 630 g/mol. The summed E-state index contributed by atoms with van der Waals surface area (Å²) in [5.41, 5.74) is -0.698. The van der Waals surface area contributed by atoms with Crippen molar-refractivity contribution in [3.05, 3.63) is 128 Å². The second kappa shape index (κ2) is 10.8. The predicted octanol–water partition coefficient (Wildman–Crippen LogP) is 7.88. The third kappa shape index (κ3) is 4.68. The zero-order valence-corrected chi connectivity index (χ0v) is 23.8. The van der Waals surface area contributed by atoms with Crippen molar-refractivity contribution in [2.45, 2.75) is 30.4 Å². The van der Waals surface area contributed by atoms with Gasteiger partial charge in [0.15, 0.2) is 0 Å². The molecule has 2 aliphatic rings. The van der Waals surface area contributed by atoms with Gasteiger partial charge in [-0.1, -0.05) is 46.9 Å². The van der Waals surface area contributed by atoms with Crippen LogP contribution in [0.25, 0.3) is 0 Å². The second-order valence-corrected chi connectivity index (χ2v) is 11.4. The summed E-state index contributed by atoms with van der Waals surface area (Å²) in [5.74, 6) is -4.16. The molecule has 1 fully saturated rings. The molecule has 214 valence electrons. The van der Waals surface area contributed by atoms with Gasteiger partial charge in [-0.05, 0) is 71.8 Å². The quantitative estimate of drug-likeness (QED) is 0.236. The Balaban J connectivity index is 1.57. The predicted molar refractivity (Wildman–Crippen MR) is 154 cm³/mol. The van der Waals surface area contributed by atoms with E-state index in [-0.39, 0.29) is 45.5 Å². The van der Waals surface area contributed by atoms with Crippen molar-refractivity contribution in [1.29, 1.82) is 0 Å². The zero-order valence-electron chi connectivity index (χ0n) is 21.5. The average molecular weight is 632 g/mol. The number of carbonyl (C=O) groups is 2. The number of nitrogens with one attached hydrogen (secondary N) is 2. The summed E-state index contributed by atoms with van der Waals surface area (Å²) < 4.78 is 50.5. The molecule has 2 aliphatic heterocycles. The van der Waals surface area contributed by atoms with Crippen LogP contribution >= 0.6 is 34.8 Å². The van der Waals surface area contributed by atoms with E-state index in [1.54, 1.807) is 18.2 Å². The summed E-state index contributed by atoms with van der Waals surface area (Å²) in [6, 6.07) is 15.3. The fourth-order valence-electron chi connectivity index (χ4n) is 6.00. The second-order valence-electron chi connectivity index (χ2n) is 10.1. The molecule has 42 heavy (non-hydrogen) atoms. The average Bonchev–Trinajstić information content (AvgIpc) is 3.22. The Morgan fingerprint density at radius 1 is 0.857 bits per heavy atom. The van der Waals surface area contributed by atoms with Crippen molar-refractivity contribution in [2.75, 3.05) is 5.32 Å². The molecule has 3 atom stereocenters. The summed E-state index contributed by atoms with van der Waals surface area (Å²) in [6.45, 7) is -0.284. The minimum atomic E-state index is -1.69. The maximum Gasteiger partial charge on any atom is 0.238 e. The maximum absolute atomic E-state index is 15.4. The lowest BCUT2D eigenvalue weighted by atomic mass is 9.59. The smallest absolute Gasteiger partial charge is 0.238 e. The molecule has 1 spiro atoms. The lowest BCUT2D eigenvalue weighted by molar-refractivity contribution is -0.131. The van der Waals surface area contributed by atoms with Crippen molar-refractivity contribution in [1.82, 2.24) is 5.32 Å². The van der Waals surface area contributed by atoms with Crippen molar-refractivity contribution in [2.24, 2.45) is 0 Å². The van der Waals surface area contributed by atoms with Gasteiger partial charge in [0.1, 0.15) is 35.2 Å². The van der Waals surface area contributed by atoms with E-state index in [1.807, 2.05) is 0 Å². The van der Waals surface area contributed by atoms with Gasteiger partial charge in [0, 0.05) is 39.2 Å². The lowest BCUT2D eigenvalue weighted by Gasteiger charge is -2.46. The Labute approximate surface area is 253 Å². The van der Waals surface area contributed by atoms with E-state index in [4.69, 9.17) is 39.5 Å². The SMILES string of the molecule is O=C1C[C@@H](c2cc(F)ccc2F)[C@]2(C(=O)Nc3cc(Cl)ccc32)[C@@H](c2cc(Cl)ccc2OCc2c(F)cccc2Cl)N1. The fraction of sp³-hybridized carbons (Fsp3) is 0.161. The normalized spacial score (nSPS) is 21.2. The van der Waals surface area contributed by atoms with Crippen LogP contribution < -0.4 is 15.4 Å². The molecule has 2 N–H and O–H groups in total. The molecule has 0 aromatic heterocycles. The fourth-order valence-corrected chi connectivity index (χ4v) is 6.57. The van der Waals surface area contributed by atoms with Crippen LogP contribution in [0.2, 0.25) is 15.1 Å². The Kier molecular flexibility index (Phi) is 7.33. The number of rotatable bonds is 5. The number of ether oxygens (including phenoxy) is 1. The number of anilines is 1. The largest absolute Gasteiger partial charge is 0.488 e. The van der Waals surface area contributed by atoms with Gasteiger partial charge in [0.2, 0.25) is 11.8 Å². The molecular weight excluding hydrogens is 612 g/mol. The van der Waals surface area contributed by atoms with Gasteiger partial charge < -0.3 is 15.4 Å². The first kappa shape index (κ1) is 28.4. The maximum atomic E-state index is 15.4. The molecule has 2 amide bonds. The molecule has 0 saturated carbocycles. The summed E-state index contributed by atoms with van der Waals surface area (Å²) in [5, 5.41) is 6.44. The highest BCUT2D eigenvalue weighted by Gasteiger charge is 2.62. The van der Waals surface area contributed by atoms with Gasteiger partial charge >= 0.3 is 0 Å². The van der Waals surface area contributed by atoms with Crippen molar-refractivity contribution in [3.63, 3.8) is 0 Å². The molecule has 5 nitrogen and oxygen atoms in total. The minimum Gasteiger partial charge on any atom is -0.488 e. The molecule has 0 unspecified atom stereocenters. The number of amides is 2. The van der Waals surface area contributed by atoms with Crippen LogP contribution in [-0.2, 0) is 21.6 Å². The number of hydrogen-bond acceptors (Lipinski definition) is 3. The van der Waals surface area contributed by atoms with Crippen molar-refractivity contribution in [3.8, 4) is 5.75 Å². The van der Waals surface area contributed by atoms with Gasteiger partial charge in [-0.25, -0.2) is 13.2 Å². The third-order valence-electron chi connectivity index (χ3n) is 7.80. The van der Waals surface area contributed by atoms with Crippen LogP contribution in [0.15, 0.2) is 72.8 Å². The van der Waals surface area contributed by atoms with Gasteiger partial charge in [0.05, 0.1) is 11.1 Å². The van der Waals surface area contributed by atoms with Crippen molar-refractivity contribution >= 4 is 52.3 Å². The number of piperidine rings is 1. The van der Waals surface area contributed by atoms with E-state index in [0.29, 0.717) is 16.3 Å². The number of halogens is 6. The Morgan fingerprint density at radius 3 is 2.40 bits per heavy atom. The van der Waals surface area contributed by atoms with Crippen molar-refractivity contribution < 1.29 is 27.5 Å². The molecule has 2 heterocycles. The van der Waals surface area contributed by atoms with Crippen LogP contribution in [0.3, 0.4) is 0 Å². The van der Waals surface area contributed by atoms with Crippen LogP contribution in [0.1, 0.15) is 40.6 Å². The minimum absolute atomic E-state index is 0.0979. The molecule has 0 bridgehead atoms. The first-order valence-electron chi connectivity index (χ1n) is 12.8. The number of fused-ring (bicyclic) bond motifs is 2. The molecule has 6 rings (SSSR count). The third-order valence-corrected chi connectivity index (χ3v) is 8.63. The molecule has 1 saturated heterocycles. The van der Waals surface area contributed by atoms with E-state index >= 15 is 4.39 Å². The zero-order chi connectivity index (χ0) is 29.8. The van der Waals surface area contributed by atoms with E-state index < -0.39 is 46.6 Å². The molecular formula is C31H20Cl3F3N2O3. The topological polar surface area (TPSA) is 67.4 Å². The van der Waals surface area contributed by atoms with E-state index in [9.17, 15) is 18.4 Å². The summed E-state index contributed by atoms with van der Waals surface area (Å²) in [7, 11) is 0. The highest BCUT2D eigenvalue weighted by Crippen LogP contribution is 2.59. The van der Waals surface area contributed by atoms with Crippen LogP contribution in [0.4, 0.5) is 18.9 Å². The summed E-state index contributed by atoms with van der Waals surface area (Å²) in [6.07, 6.45) is -0.325. The standard InChI is InChI=1S/C31H20Cl3F3N2O3/c32-15-5-9-27(42-14-20-23(34)2-1-3-24(20)36)19(10-15)29-31(21-7-4-16(33)11-26(21)38-30(31)41)22(13-28(40)39-29)18-12-17(35)6-8-25(18)37/h1-12,22,29H,13-14H2,(H,38,41)(H,39,40)/t22-,29+,31-/m0/s1.